The molecule has 1 atom stereocenters. The molecule has 1 N–H and O–H groups in total. The van der Waals surface area contributed by atoms with Gasteiger partial charge in [0, 0.05) is 12.5 Å². The highest BCUT2D eigenvalue weighted by molar-refractivity contribution is 5.85. The molecule has 1 unspecified atom stereocenters. The van der Waals surface area contributed by atoms with Crippen LogP contribution in [0.25, 0.3) is 0 Å². The molecule has 1 aromatic heterocycles. The van der Waals surface area contributed by atoms with Gasteiger partial charge in [-0.25, -0.2) is 0 Å². The molecule has 1 saturated carbocycles. The Morgan fingerprint density at radius 3 is 2.95 bits per heavy atom. The maximum atomic E-state index is 5.30. The van der Waals surface area contributed by atoms with Crippen molar-refractivity contribution in [2.45, 2.75) is 38.1 Å². The third-order valence-corrected chi connectivity index (χ3v) is 3.87. The number of piperidine rings is 1. The van der Waals surface area contributed by atoms with E-state index >= 15 is 0 Å². The van der Waals surface area contributed by atoms with E-state index in [0.717, 1.165) is 43.8 Å². The summed E-state index contributed by atoms with van der Waals surface area (Å²) in [6.45, 7) is 4.26. The molecule has 2 aliphatic rings. The summed E-state index contributed by atoms with van der Waals surface area (Å²) in [5, 5.41) is 7.37. The molecule has 1 saturated heterocycles. The lowest BCUT2D eigenvalue weighted by molar-refractivity contribution is 0.162. The zero-order chi connectivity index (χ0) is 12.4. The topological polar surface area (TPSA) is 54.2 Å². The molecule has 0 aromatic carbocycles. The van der Waals surface area contributed by atoms with Gasteiger partial charge >= 0.3 is 0 Å². The SMILES string of the molecule is CNCC1CCCN(Cc2noc(C3CC3)n2)C1.Cl. The zero-order valence-electron chi connectivity index (χ0n) is 11.5. The highest BCUT2D eigenvalue weighted by Crippen LogP contribution is 2.38. The molecule has 1 aliphatic heterocycles. The number of likely N-dealkylation sites (tertiary alicyclic amines) is 1. The van der Waals surface area contributed by atoms with Crippen LogP contribution in [0.1, 0.15) is 43.3 Å². The molecule has 5 nitrogen and oxygen atoms in total. The highest BCUT2D eigenvalue weighted by atomic mass is 35.5. The largest absolute Gasteiger partial charge is 0.339 e. The average molecular weight is 287 g/mol. The van der Waals surface area contributed by atoms with Crippen molar-refractivity contribution in [2.24, 2.45) is 5.92 Å². The number of aromatic nitrogens is 2. The van der Waals surface area contributed by atoms with E-state index < -0.39 is 0 Å². The van der Waals surface area contributed by atoms with Crippen LogP contribution >= 0.6 is 12.4 Å². The Hall–Kier alpha value is -0.650. The third kappa shape index (κ3) is 3.91. The summed E-state index contributed by atoms with van der Waals surface area (Å²) in [4.78, 5) is 6.95. The highest BCUT2D eigenvalue weighted by Gasteiger charge is 2.30. The minimum atomic E-state index is 0. The first-order valence-electron chi connectivity index (χ1n) is 7.04. The molecule has 1 aromatic rings. The first-order chi connectivity index (χ1) is 8.85. The zero-order valence-corrected chi connectivity index (χ0v) is 12.3. The van der Waals surface area contributed by atoms with Gasteiger partial charge in [-0.05, 0) is 51.7 Å². The van der Waals surface area contributed by atoms with E-state index in [0.29, 0.717) is 5.92 Å². The van der Waals surface area contributed by atoms with Crippen LogP contribution in [0.15, 0.2) is 4.52 Å². The van der Waals surface area contributed by atoms with Gasteiger partial charge in [-0.15, -0.1) is 12.4 Å². The van der Waals surface area contributed by atoms with Crippen LogP contribution in [-0.4, -0.2) is 41.7 Å². The number of halogens is 1. The lowest BCUT2D eigenvalue weighted by Gasteiger charge is -2.31. The molecule has 19 heavy (non-hydrogen) atoms. The third-order valence-electron chi connectivity index (χ3n) is 3.87. The smallest absolute Gasteiger partial charge is 0.229 e. The molecule has 3 rings (SSSR count). The van der Waals surface area contributed by atoms with Gasteiger partial charge in [0.1, 0.15) is 0 Å². The molecule has 108 valence electrons. The van der Waals surface area contributed by atoms with Crippen LogP contribution in [-0.2, 0) is 6.54 Å². The first-order valence-corrected chi connectivity index (χ1v) is 7.04. The minimum absolute atomic E-state index is 0. The van der Waals surface area contributed by atoms with Crippen molar-refractivity contribution < 1.29 is 4.52 Å². The van der Waals surface area contributed by atoms with E-state index in [9.17, 15) is 0 Å². The number of rotatable bonds is 5. The molecule has 1 aliphatic carbocycles. The summed E-state index contributed by atoms with van der Waals surface area (Å²) in [7, 11) is 2.03. The van der Waals surface area contributed by atoms with Gasteiger partial charge in [-0.2, -0.15) is 4.98 Å². The molecule has 0 radical (unpaired) electrons. The Morgan fingerprint density at radius 2 is 2.21 bits per heavy atom. The van der Waals surface area contributed by atoms with Gasteiger partial charge in [0.05, 0.1) is 6.54 Å². The molecular weight excluding hydrogens is 264 g/mol. The molecule has 0 amide bonds. The summed E-state index contributed by atoms with van der Waals surface area (Å²) < 4.78 is 5.30. The van der Waals surface area contributed by atoms with Gasteiger partial charge in [0.2, 0.25) is 5.89 Å². The van der Waals surface area contributed by atoms with Gasteiger partial charge < -0.3 is 9.84 Å². The normalized spacial score (nSPS) is 24.2. The second-order valence-corrected chi connectivity index (χ2v) is 5.62. The lowest BCUT2D eigenvalue weighted by atomic mass is 9.98. The Balaban J connectivity index is 0.00000133. The lowest BCUT2D eigenvalue weighted by Crippen LogP contribution is -2.38. The number of nitrogens with zero attached hydrogens (tertiary/aromatic N) is 3. The maximum absolute atomic E-state index is 5.30. The number of nitrogens with one attached hydrogen (secondary N) is 1. The van der Waals surface area contributed by atoms with Crippen LogP contribution in [0.4, 0.5) is 0 Å². The fraction of sp³-hybridized carbons (Fsp3) is 0.846. The van der Waals surface area contributed by atoms with Crippen molar-refractivity contribution in [1.82, 2.24) is 20.4 Å². The Bertz CT molecular complexity index is 392. The Kier molecular flexibility index (Phi) is 5.19. The van der Waals surface area contributed by atoms with Crippen LogP contribution in [0.5, 0.6) is 0 Å². The van der Waals surface area contributed by atoms with Crippen LogP contribution < -0.4 is 5.32 Å². The van der Waals surface area contributed by atoms with E-state index in [1.165, 1.54) is 25.7 Å². The first kappa shape index (κ1) is 14.8. The van der Waals surface area contributed by atoms with Gasteiger partial charge in [0.25, 0.3) is 0 Å². The average Bonchev–Trinajstić information content (AvgIpc) is 3.12. The molecule has 6 heteroatoms. The summed E-state index contributed by atoms with van der Waals surface area (Å²) in [6.07, 6.45) is 5.04. The van der Waals surface area contributed by atoms with Crippen molar-refractivity contribution in [2.75, 3.05) is 26.7 Å². The van der Waals surface area contributed by atoms with Gasteiger partial charge in [-0.3, -0.25) is 4.90 Å². The second-order valence-electron chi connectivity index (χ2n) is 5.62. The fourth-order valence-corrected chi connectivity index (χ4v) is 2.78. The standard InChI is InChI=1S/C13H22N4O.ClH/c1-14-7-10-3-2-6-17(8-10)9-12-15-13(18-16-12)11-4-5-11;/h10-11,14H,2-9H2,1H3;1H. The van der Waals surface area contributed by atoms with Crippen LogP contribution in [0.3, 0.4) is 0 Å². The Morgan fingerprint density at radius 1 is 1.37 bits per heavy atom. The summed E-state index contributed by atoms with van der Waals surface area (Å²) in [5.41, 5.74) is 0. The predicted molar refractivity (Wildman–Crippen MR) is 75.4 cm³/mol. The maximum Gasteiger partial charge on any atom is 0.229 e. The van der Waals surface area contributed by atoms with Gasteiger partial charge in [0.15, 0.2) is 5.82 Å². The molecule has 2 fully saturated rings. The van der Waals surface area contributed by atoms with Crippen LogP contribution in [0.2, 0.25) is 0 Å². The van der Waals surface area contributed by atoms with Crippen molar-refractivity contribution in [1.29, 1.82) is 0 Å². The van der Waals surface area contributed by atoms with Crippen LogP contribution in [0, 0.1) is 5.92 Å². The molecule has 0 spiro atoms. The molecule has 2 heterocycles. The van der Waals surface area contributed by atoms with Crippen molar-refractivity contribution in [3.05, 3.63) is 11.7 Å². The number of hydrogen-bond donors (Lipinski definition) is 1. The van der Waals surface area contributed by atoms with E-state index in [-0.39, 0.29) is 12.4 Å². The van der Waals surface area contributed by atoms with Crippen molar-refractivity contribution in [3.8, 4) is 0 Å². The molecule has 0 bridgehead atoms. The van der Waals surface area contributed by atoms with E-state index in [1.54, 1.807) is 0 Å². The Labute approximate surface area is 120 Å². The summed E-state index contributed by atoms with van der Waals surface area (Å²) in [5.74, 6) is 3.04. The summed E-state index contributed by atoms with van der Waals surface area (Å²) in [6, 6.07) is 0. The van der Waals surface area contributed by atoms with E-state index in [1.807, 2.05) is 7.05 Å². The summed E-state index contributed by atoms with van der Waals surface area (Å²) >= 11 is 0. The minimum Gasteiger partial charge on any atom is -0.339 e. The van der Waals surface area contributed by atoms with Crippen molar-refractivity contribution >= 4 is 12.4 Å². The molecular formula is C13H23ClN4O. The van der Waals surface area contributed by atoms with E-state index in [2.05, 4.69) is 20.4 Å². The van der Waals surface area contributed by atoms with Gasteiger partial charge in [-0.1, -0.05) is 5.16 Å². The van der Waals surface area contributed by atoms with E-state index in [4.69, 9.17) is 4.52 Å². The quantitative estimate of drug-likeness (QED) is 0.894. The predicted octanol–water partition coefficient (Wildman–Crippen LogP) is 1.80. The van der Waals surface area contributed by atoms with Crippen molar-refractivity contribution in [3.63, 3.8) is 0 Å². The monoisotopic (exact) mass is 286 g/mol. The fourth-order valence-electron chi connectivity index (χ4n) is 2.78. The number of hydrogen-bond acceptors (Lipinski definition) is 5. The second kappa shape index (κ2) is 6.68.